The zero-order valence-corrected chi connectivity index (χ0v) is 13.4. The molecule has 0 aliphatic heterocycles. The first-order chi connectivity index (χ1) is 11.7. The molecule has 1 fully saturated rings. The minimum absolute atomic E-state index is 0.163. The molecule has 0 unspecified atom stereocenters. The summed E-state index contributed by atoms with van der Waals surface area (Å²) in [5.41, 5.74) is 2.99. The Kier molecular flexibility index (Phi) is 3.60. The second-order valence-electron chi connectivity index (χ2n) is 6.07. The van der Waals surface area contributed by atoms with Gasteiger partial charge in [0.25, 0.3) is 5.91 Å². The van der Waals surface area contributed by atoms with Crippen molar-refractivity contribution in [3.63, 3.8) is 0 Å². The van der Waals surface area contributed by atoms with E-state index in [1.807, 2.05) is 23.7 Å². The van der Waals surface area contributed by atoms with E-state index >= 15 is 0 Å². The van der Waals surface area contributed by atoms with E-state index in [0.717, 1.165) is 17.0 Å². The van der Waals surface area contributed by atoms with Gasteiger partial charge in [-0.2, -0.15) is 0 Å². The van der Waals surface area contributed by atoms with Crippen LogP contribution < -0.4 is 10.6 Å². The number of aryl methyl sites for hydroxylation is 1. The van der Waals surface area contributed by atoms with Gasteiger partial charge in [0.1, 0.15) is 11.3 Å². The van der Waals surface area contributed by atoms with Gasteiger partial charge in [0.15, 0.2) is 5.65 Å². The summed E-state index contributed by atoms with van der Waals surface area (Å²) in [6.07, 6.45) is 7.42. The Bertz CT molecular complexity index is 899. The molecule has 1 amide bonds. The van der Waals surface area contributed by atoms with Gasteiger partial charge in [-0.15, -0.1) is 0 Å². The molecular formula is C17H18N6O. The van der Waals surface area contributed by atoms with Gasteiger partial charge in [0, 0.05) is 32.0 Å². The van der Waals surface area contributed by atoms with E-state index < -0.39 is 0 Å². The lowest BCUT2D eigenvalue weighted by molar-refractivity contribution is 0.0950. The molecule has 24 heavy (non-hydrogen) atoms. The highest BCUT2D eigenvalue weighted by Gasteiger charge is 2.21. The first-order valence-corrected chi connectivity index (χ1v) is 7.96. The van der Waals surface area contributed by atoms with Crippen LogP contribution in [0, 0.1) is 0 Å². The highest BCUT2D eigenvalue weighted by Crippen LogP contribution is 2.23. The topological polar surface area (TPSA) is 84.7 Å². The van der Waals surface area contributed by atoms with Crippen molar-refractivity contribution in [3.05, 3.63) is 48.0 Å². The van der Waals surface area contributed by atoms with Crippen LogP contribution in [0.15, 0.2) is 36.9 Å². The summed E-state index contributed by atoms with van der Waals surface area (Å²) in [7, 11) is 1.87. The van der Waals surface area contributed by atoms with Gasteiger partial charge in [-0.25, -0.2) is 15.0 Å². The molecule has 3 heterocycles. The molecule has 0 saturated heterocycles. The second-order valence-corrected chi connectivity index (χ2v) is 6.07. The molecule has 0 aromatic carbocycles. The molecule has 0 bridgehead atoms. The zero-order chi connectivity index (χ0) is 16.5. The summed E-state index contributed by atoms with van der Waals surface area (Å²) in [5.74, 6) is 0.699. The second kappa shape index (κ2) is 5.92. The average Bonchev–Trinajstić information content (AvgIpc) is 3.34. The molecule has 122 valence electrons. The third-order valence-corrected chi connectivity index (χ3v) is 4.02. The number of hydrogen-bond donors (Lipinski definition) is 2. The number of nitrogens with zero attached hydrogens (tertiary/aromatic N) is 4. The number of hydrogen-bond acceptors (Lipinski definition) is 5. The van der Waals surface area contributed by atoms with E-state index in [0.29, 0.717) is 23.7 Å². The van der Waals surface area contributed by atoms with Gasteiger partial charge in [-0.1, -0.05) is 0 Å². The SMILES string of the molecule is Cn1cnc2cc(C(=O)NCc3ccnc(NC4CC4)c3)cnc21. The third-order valence-electron chi connectivity index (χ3n) is 4.02. The van der Waals surface area contributed by atoms with E-state index in [-0.39, 0.29) is 5.91 Å². The predicted molar refractivity (Wildman–Crippen MR) is 90.6 cm³/mol. The van der Waals surface area contributed by atoms with Crippen LogP contribution >= 0.6 is 0 Å². The van der Waals surface area contributed by atoms with Crippen molar-refractivity contribution in [1.82, 2.24) is 24.8 Å². The number of rotatable bonds is 5. The molecule has 2 N–H and O–H groups in total. The quantitative estimate of drug-likeness (QED) is 0.749. The van der Waals surface area contributed by atoms with Gasteiger partial charge in [-0.05, 0) is 36.6 Å². The molecule has 1 aliphatic rings. The molecule has 7 heteroatoms. The molecule has 1 saturated carbocycles. The number of fused-ring (bicyclic) bond motifs is 1. The van der Waals surface area contributed by atoms with Gasteiger partial charge in [0.05, 0.1) is 11.9 Å². The number of imidazole rings is 1. The molecular weight excluding hydrogens is 304 g/mol. The van der Waals surface area contributed by atoms with Crippen molar-refractivity contribution in [3.8, 4) is 0 Å². The van der Waals surface area contributed by atoms with Crippen LogP contribution in [-0.2, 0) is 13.6 Å². The van der Waals surface area contributed by atoms with Crippen LogP contribution in [0.4, 0.5) is 5.82 Å². The molecule has 4 rings (SSSR count). The normalized spacial score (nSPS) is 13.9. The van der Waals surface area contributed by atoms with E-state index in [1.165, 1.54) is 12.8 Å². The van der Waals surface area contributed by atoms with Gasteiger partial charge in [0.2, 0.25) is 0 Å². The van der Waals surface area contributed by atoms with E-state index in [2.05, 4.69) is 25.6 Å². The van der Waals surface area contributed by atoms with Crippen LogP contribution in [0.25, 0.3) is 11.2 Å². The van der Waals surface area contributed by atoms with Crippen LogP contribution in [0.1, 0.15) is 28.8 Å². The standard InChI is InChI=1S/C17H18N6O/c1-23-10-21-14-7-12(9-19-16(14)23)17(24)20-8-11-4-5-18-15(6-11)22-13-2-3-13/h4-7,9-10,13H,2-3,8H2,1H3,(H,18,22)(H,20,24). The summed E-state index contributed by atoms with van der Waals surface area (Å²) in [5, 5.41) is 6.27. The van der Waals surface area contributed by atoms with Crippen molar-refractivity contribution in [2.45, 2.75) is 25.4 Å². The fourth-order valence-corrected chi connectivity index (χ4v) is 2.52. The molecule has 0 radical (unpaired) electrons. The fourth-order valence-electron chi connectivity index (χ4n) is 2.52. The fraction of sp³-hybridized carbons (Fsp3) is 0.294. The molecule has 7 nitrogen and oxygen atoms in total. The molecule has 0 spiro atoms. The lowest BCUT2D eigenvalue weighted by Gasteiger charge is -2.08. The van der Waals surface area contributed by atoms with Crippen LogP contribution in [-0.4, -0.2) is 31.5 Å². The van der Waals surface area contributed by atoms with E-state index in [9.17, 15) is 4.79 Å². The number of carbonyl (C=O) groups is 1. The van der Waals surface area contributed by atoms with Gasteiger partial charge in [-0.3, -0.25) is 4.79 Å². The number of amides is 1. The Morgan fingerprint density at radius 2 is 2.17 bits per heavy atom. The smallest absolute Gasteiger partial charge is 0.253 e. The van der Waals surface area contributed by atoms with Crippen molar-refractivity contribution >= 4 is 22.9 Å². The first-order valence-electron chi connectivity index (χ1n) is 7.96. The number of anilines is 1. The molecule has 1 aliphatic carbocycles. The summed E-state index contributed by atoms with van der Waals surface area (Å²) < 4.78 is 1.82. The highest BCUT2D eigenvalue weighted by atomic mass is 16.1. The van der Waals surface area contributed by atoms with Gasteiger partial charge >= 0.3 is 0 Å². The lowest BCUT2D eigenvalue weighted by atomic mass is 10.2. The minimum atomic E-state index is -0.163. The monoisotopic (exact) mass is 322 g/mol. The minimum Gasteiger partial charge on any atom is -0.367 e. The van der Waals surface area contributed by atoms with Crippen molar-refractivity contribution in [2.24, 2.45) is 7.05 Å². The largest absolute Gasteiger partial charge is 0.367 e. The van der Waals surface area contributed by atoms with E-state index in [4.69, 9.17) is 0 Å². The number of carbonyl (C=O) groups excluding carboxylic acids is 1. The molecule has 3 aromatic heterocycles. The van der Waals surface area contributed by atoms with Crippen molar-refractivity contribution < 1.29 is 4.79 Å². The van der Waals surface area contributed by atoms with Crippen LogP contribution in [0.3, 0.4) is 0 Å². The Hall–Kier alpha value is -2.96. The highest BCUT2D eigenvalue weighted by molar-refractivity contribution is 5.96. The van der Waals surface area contributed by atoms with Gasteiger partial charge < -0.3 is 15.2 Å². The first kappa shape index (κ1) is 14.6. The Labute approximate surface area is 139 Å². The van der Waals surface area contributed by atoms with Crippen LogP contribution in [0.2, 0.25) is 0 Å². The summed E-state index contributed by atoms with van der Waals surface area (Å²) in [6.45, 7) is 0.445. The lowest BCUT2D eigenvalue weighted by Crippen LogP contribution is -2.23. The number of pyridine rings is 2. The summed E-state index contributed by atoms with van der Waals surface area (Å²) in [4.78, 5) is 25.1. The van der Waals surface area contributed by atoms with Crippen molar-refractivity contribution in [2.75, 3.05) is 5.32 Å². The van der Waals surface area contributed by atoms with Crippen LogP contribution in [0.5, 0.6) is 0 Å². The maximum Gasteiger partial charge on any atom is 0.253 e. The zero-order valence-electron chi connectivity index (χ0n) is 13.4. The van der Waals surface area contributed by atoms with Crippen molar-refractivity contribution in [1.29, 1.82) is 0 Å². The third kappa shape index (κ3) is 3.05. The maximum absolute atomic E-state index is 12.3. The number of nitrogens with one attached hydrogen (secondary N) is 2. The number of aromatic nitrogens is 4. The Balaban J connectivity index is 1.43. The Morgan fingerprint density at radius 3 is 3.00 bits per heavy atom. The predicted octanol–water partition coefficient (Wildman–Crippen LogP) is 1.87. The maximum atomic E-state index is 12.3. The summed E-state index contributed by atoms with van der Waals surface area (Å²) >= 11 is 0. The molecule has 0 atom stereocenters. The Morgan fingerprint density at radius 1 is 1.29 bits per heavy atom. The van der Waals surface area contributed by atoms with E-state index in [1.54, 1.807) is 24.8 Å². The summed E-state index contributed by atoms with van der Waals surface area (Å²) in [6, 6.07) is 6.18. The molecule has 3 aromatic rings. The average molecular weight is 322 g/mol.